The molecule has 0 saturated carbocycles. The molecule has 1 rings (SSSR count). The lowest BCUT2D eigenvalue weighted by atomic mass is 9.94. The number of hydrogen-bond donors (Lipinski definition) is 4. The van der Waals surface area contributed by atoms with Crippen LogP contribution in [0.5, 0.6) is 0 Å². The van der Waals surface area contributed by atoms with Crippen molar-refractivity contribution in [2.45, 2.75) is 43.9 Å². The summed E-state index contributed by atoms with van der Waals surface area (Å²) in [5.74, 6) is -0.470. The number of aliphatic hydroxyl groups excluding tert-OH is 4. The molecule has 0 spiro atoms. The highest BCUT2D eigenvalue weighted by molar-refractivity contribution is 5.83. The minimum atomic E-state index is -1.47. The predicted molar refractivity (Wildman–Crippen MR) is 49.1 cm³/mol. The maximum atomic E-state index is 11.2. The SMILES string of the molecule is CCC(=O)C(O)C1OC[C@@H](O)[C@H](O)[C@H]1O. The highest BCUT2D eigenvalue weighted by Gasteiger charge is 2.42. The van der Waals surface area contributed by atoms with Gasteiger partial charge >= 0.3 is 0 Å². The molecule has 0 aliphatic carbocycles. The Hall–Kier alpha value is -0.530. The van der Waals surface area contributed by atoms with E-state index < -0.39 is 36.3 Å². The highest BCUT2D eigenvalue weighted by Crippen LogP contribution is 2.19. The van der Waals surface area contributed by atoms with Crippen molar-refractivity contribution in [2.75, 3.05) is 6.61 Å². The maximum Gasteiger partial charge on any atom is 0.163 e. The molecule has 0 amide bonds. The van der Waals surface area contributed by atoms with Gasteiger partial charge in [0.2, 0.25) is 0 Å². The third-order valence-electron chi connectivity index (χ3n) is 2.53. The summed E-state index contributed by atoms with van der Waals surface area (Å²) in [5.41, 5.74) is 0. The number of hydrogen-bond acceptors (Lipinski definition) is 6. The van der Waals surface area contributed by atoms with Crippen molar-refractivity contribution in [3.8, 4) is 0 Å². The van der Waals surface area contributed by atoms with E-state index in [0.717, 1.165) is 0 Å². The summed E-state index contributed by atoms with van der Waals surface area (Å²) in [7, 11) is 0. The van der Waals surface area contributed by atoms with Crippen molar-refractivity contribution in [3.05, 3.63) is 0 Å². The van der Waals surface area contributed by atoms with Gasteiger partial charge < -0.3 is 25.2 Å². The maximum absolute atomic E-state index is 11.2. The molecule has 0 radical (unpaired) electrons. The molecule has 88 valence electrons. The summed E-state index contributed by atoms with van der Waals surface area (Å²) in [5, 5.41) is 37.4. The number of ketones is 1. The van der Waals surface area contributed by atoms with Crippen LogP contribution in [0.3, 0.4) is 0 Å². The summed E-state index contributed by atoms with van der Waals surface area (Å²) in [6.45, 7) is 1.36. The second-order valence-corrected chi connectivity index (χ2v) is 3.61. The van der Waals surface area contributed by atoms with Gasteiger partial charge in [-0.15, -0.1) is 0 Å². The Labute approximate surface area is 87.1 Å². The van der Waals surface area contributed by atoms with E-state index in [1.54, 1.807) is 6.92 Å². The zero-order chi connectivity index (χ0) is 11.6. The van der Waals surface area contributed by atoms with Gasteiger partial charge in [0.15, 0.2) is 5.78 Å². The van der Waals surface area contributed by atoms with Gasteiger partial charge in [-0.25, -0.2) is 0 Å². The summed E-state index contributed by atoms with van der Waals surface area (Å²) < 4.78 is 4.93. The van der Waals surface area contributed by atoms with Crippen LogP contribution in [0.25, 0.3) is 0 Å². The number of aliphatic hydroxyl groups is 4. The van der Waals surface area contributed by atoms with Crippen molar-refractivity contribution in [1.29, 1.82) is 0 Å². The highest BCUT2D eigenvalue weighted by atomic mass is 16.5. The van der Waals surface area contributed by atoms with Gasteiger partial charge in [-0.2, -0.15) is 0 Å². The molecule has 6 nitrogen and oxygen atoms in total. The summed E-state index contributed by atoms with van der Waals surface area (Å²) in [6, 6.07) is 0. The first-order valence-corrected chi connectivity index (χ1v) is 4.85. The van der Waals surface area contributed by atoms with Gasteiger partial charge in [-0.3, -0.25) is 4.79 Å². The molecule has 1 aliphatic heterocycles. The van der Waals surface area contributed by atoms with Crippen LogP contribution in [0.2, 0.25) is 0 Å². The molecule has 1 saturated heterocycles. The van der Waals surface area contributed by atoms with Crippen LogP contribution in [0, 0.1) is 0 Å². The third kappa shape index (κ3) is 2.53. The summed E-state index contributed by atoms with van der Waals surface area (Å²) >= 11 is 0. The second-order valence-electron chi connectivity index (χ2n) is 3.61. The van der Waals surface area contributed by atoms with E-state index in [0.29, 0.717) is 0 Å². The standard InChI is InChI=1S/C9H16O6/c1-2-4(10)7(13)9-8(14)6(12)5(11)3-15-9/h5-9,11-14H,2-3H2,1H3/t5-,6+,7?,8-,9?/m1/s1. The summed E-state index contributed by atoms with van der Waals surface area (Å²) in [6.07, 6.45) is -6.57. The van der Waals surface area contributed by atoms with Crippen LogP contribution in [0.15, 0.2) is 0 Å². The van der Waals surface area contributed by atoms with Crippen LogP contribution in [0.4, 0.5) is 0 Å². The largest absolute Gasteiger partial charge is 0.388 e. The van der Waals surface area contributed by atoms with E-state index in [4.69, 9.17) is 9.84 Å². The molecular formula is C9H16O6. The molecule has 0 aromatic heterocycles. The molecule has 1 aliphatic rings. The fourth-order valence-electron chi connectivity index (χ4n) is 1.50. The minimum Gasteiger partial charge on any atom is -0.388 e. The van der Waals surface area contributed by atoms with E-state index in [9.17, 15) is 20.1 Å². The predicted octanol–water partition coefficient (Wildman–Crippen LogP) is -2.19. The van der Waals surface area contributed by atoms with Crippen LogP contribution in [-0.2, 0) is 9.53 Å². The zero-order valence-electron chi connectivity index (χ0n) is 8.41. The van der Waals surface area contributed by atoms with Gasteiger partial charge in [-0.1, -0.05) is 6.92 Å². The first-order valence-electron chi connectivity index (χ1n) is 4.85. The van der Waals surface area contributed by atoms with Gasteiger partial charge in [-0.05, 0) is 0 Å². The molecule has 6 heteroatoms. The van der Waals surface area contributed by atoms with Crippen molar-refractivity contribution in [3.63, 3.8) is 0 Å². The molecule has 1 fully saturated rings. The Morgan fingerprint density at radius 2 is 2.00 bits per heavy atom. The minimum absolute atomic E-state index is 0.117. The van der Waals surface area contributed by atoms with Crippen LogP contribution < -0.4 is 0 Å². The van der Waals surface area contributed by atoms with E-state index in [2.05, 4.69) is 0 Å². The average Bonchev–Trinajstić information content (AvgIpc) is 2.24. The Morgan fingerprint density at radius 1 is 1.40 bits per heavy atom. The number of ether oxygens (including phenoxy) is 1. The van der Waals surface area contributed by atoms with Crippen molar-refractivity contribution >= 4 is 5.78 Å². The van der Waals surface area contributed by atoms with E-state index in [1.165, 1.54) is 0 Å². The van der Waals surface area contributed by atoms with Crippen LogP contribution in [-0.4, -0.2) is 63.3 Å². The van der Waals surface area contributed by atoms with Crippen molar-refractivity contribution in [1.82, 2.24) is 0 Å². The van der Waals surface area contributed by atoms with E-state index in [-0.39, 0.29) is 13.0 Å². The van der Waals surface area contributed by atoms with E-state index >= 15 is 0 Å². The molecule has 0 aromatic carbocycles. The Balaban J connectivity index is 2.66. The molecule has 0 bridgehead atoms. The molecule has 0 aromatic rings. The Kier molecular flexibility index (Phi) is 4.18. The molecule has 4 N–H and O–H groups in total. The second kappa shape index (κ2) is 5.00. The normalized spacial score (nSPS) is 38.7. The number of Topliss-reactive ketones (excluding diaryl/α,β-unsaturated/α-hetero) is 1. The Bertz CT molecular complexity index is 231. The number of rotatable bonds is 3. The fraction of sp³-hybridized carbons (Fsp3) is 0.889. The van der Waals surface area contributed by atoms with Gasteiger partial charge in [0.25, 0.3) is 0 Å². The van der Waals surface area contributed by atoms with E-state index in [1.807, 2.05) is 0 Å². The Morgan fingerprint density at radius 3 is 2.53 bits per heavy atom. The first kappa shape index (κ1) is 12.5. The smallest absolute Gasteiger partial charge is 0.163 e. The van der Waals surface area contributed by atoms with Crippen LogP contribution >= 0.6 is 0 Å². The first-order chi connectivity index (χ1) is 6.99. The topological polar surface area (TPSA) is 107 Å². The van der Waals surface area contributed by atoms with Crippen molar-refractivity contribution < 1.29 is 30.0 Å². The number of carbonyl (C=O) groups excluding carboxylic acids is 1. The molecule has 2 unspecified atom stereocenters. The quantitative estimate of drug-likeness (QED) is 0.430. The average molecular weight is 220 g/mol. The molecule has 5 atom stereocenters. The van der Waals surface area contributed by atoms with Crippen LogP contribution in [0.1, 0.15) is 13.3 Å². The molecular weight excluding hydrogens is 204 g/mol. The lowest BCUT2D eigenvalue weighted by molar-refractivity contribution is -0.210. The molecule has 1 heterocycles. The lowest BCUT2D eigenvalue weighted by Gasteiger charge is -2.36. The van der Waals surface area contributed by atoms with Gasteiger partial charge in [0, 0.05) is 6.42 Å². The van der Waals surface area contributed by atoms with Crippen molar-refractivity contribution in [2.24, 2.45) is 0 Å². The lowest BCUT2D eigenvalue weighted by Crippen LogP contribution is -2.58. The number of carbonyl (C=O) groups is 1. The summed E-state index contributed by atoms with van der Waals surface area (Å²) in [4.78, 5) is 11.2. The third-order valence-corrected chi connectivity index (χ3v) is 2.53. The van der Waals surface area contributed by atoms with Gasteiger partial charge in [0.05, 0.1) is 6.61 Å². The molecule has 15 heavy (non-hydrogen) atoms. The zero-order valence-corrected chi connectivity index (χ0v) is 8.41. The monoisotopic (exact) mass is 220 g/mol. The van der Waals surface area contributed by atoms with Gasteiger partial charge in [0.1, 0.15) is 30.5 Å². The fourth-order valence-corrected chi connectivity index (χ4v) is 1.50.